The number of rotatable bonds is 8. The molecular weight excluding hydrogens is 563 g/mol. The Labute approximate surface area is 241 Å². The van der Waals surface area contributed by atoms with E-state index >= 15 is 0 Å². The predicted octanol–water partition coefficient (Wildman–Crippen LogP) is 7.60. The van der Waals surface area contributed by atoms with E-state index in [4.69, 9.17) is 48.8 Å². The molecule has 0 N–H and O–H groups in total. The molecule has 0 spiro atoms. The van der Waals surface area contributed by atoms with Gasteiger partial charge in [-0.05, 0) is 62.4 Å². The average molecular weight is 588 g/mol. The molecule has 0 aliphatic carbocycles. The van der Waals surface area contributed by atoms with Crippen molar-refractivity contribution < 1.29 is 23.6 Å². The summed E-state index contributed by atoms with van der Waals surface area (Å²) in [5, 5.41) is 5.47. The van der Waals surface area contributed by atoms with Gasteiger partial charge < -0.3 is 18.9 Å². The standard InChI is InChI=1S/C29H25Cl3N2O5/c1-29(2,25-22(30)9-6-10-23(25)31)26-18(16-39-33-26)15-38-20-11-12-21(24(32)14-20)27(35)34(3)19-8-5-7-17(13-19)28(36)37-4/h5-14,16H,15H2,1-4H3. The van der Waals surface area contributed by atoms with Crippen molar-refractivity contribution in [2.75, 3.05) is 19.1 Å². The van der Waals surface area contributed by atoms with Gasteiger partial charge in [0.2, 0.25) is 0 Å². The van der Waals surface area contributed by atoms with Gasteiger partial charge in [0.1, 0.15) is 24.3 Å². The quantitative estimate of drug-likeness (QED) is 0.197. The van der Waals surface area contributed by atoms with Crippen LogP contribution in [0.1, 0.15) is 51.4 Å². The molecule has 0 atom stereocenters. The van der Waals surface area contributed by atoms with E-state index in [2.05, 4.69) is 5.16 Å². The third-order valence-electron chi connectivity index (χ3n) is 6.35. The van der Waals surface area contributed by atoms with E-state index in [0.717, 1.165) is 5.56 Å². The van der Waals surface area contributed by atoms with Crippen LogP contribution in [0.2, 0.25) is 15.1 Å². The molecule has 0 radical (unpaired) electrons. The fourth-order valence-electron chi connectivity index (χ4n) is 4.27. The smallest absolute Gasteiger partial charge is 0.337 e. The molecule has 0 saturated carbocycles. The van der Waals surface area contributed by atoms with Gasteiger partial charge in [0.15, 0.2) is 0 Å². The van der Waals surface area contributed by atoms with Gasteiger partial charge in [-0.3, -0.25) is 4.79 Å². The van der Waals surface area contributed by atoms with Crippen LogP contribution in [0.15, 0.2) is 71.4 Å². The van der Waals surface area contributed by atoms with Crippen LogP contribution in [-0.4, -0.2) is 31.2 Å². The van der Waals surface area contributed by atoms with Crippen molar-refractivity contribution in [1.82, 2.24) is 5.16 Å². The number of esters is 1. The number of benzene rings is 3. The fraction of sp³-hybridized carbons (Fsp3) is 0.207. The molecule has 39 heavy (non-hydrogen) atoms. The van der Waals surface area contributed by atoms with Gasteiger partial charge in [0, 0.05) is 33.8 Å². The summed E-state index contributed by atoms with van der Waals surface area (Å²) < 4.78 is 16.0. The number of anilines is 1. The fourth-order valence-corrected chi connectivity index (χ4v) is 5.39. The second-order valence-corrected chi connectivity index (χ2v) is 10.5. The lowest BCUT2D eigenvalue weighted by Crippen LogP contribution is -2.26. The number of methoxy groups -OCH3 is 1. The SMILES string of the molecule is COC(=O)c1cccc(N(C)C(=O)c2ccc(OCc3conc3C(C)(C)c3c(Cl)cccc3Cl)cc2Cl)c1. The van der Waals surface area contributed by atoms with Crippen molar-refractivity contribution in [2.45, 2.75) is 25.9 Å². The van der Waals surface area contributed by atoms with E-state index in [-0.39, 0.29) is 23.1 Å². The molecule has 0 unspecified atom stereocenters. The maximum atomic E-state index is 13.2. The zero-order valence-electron chi connectivity index (χ0n) is 21.6. The Morgan fingerprint density at radius 3 is 2.33 bits per heavy atom. The molecule has 1 aromatic heterocycles. The lowest BCUT2D eigenvalue weighted by molar-refractivity contribution is 0.0600. The average Bonchev–Trinajstić information content (AvgIpc) is 3.40. The third-order valence-corrected chi connectivity index (χ3v) is 7.29. The van der Waals surface area contributed by atoms with E-state index < -0.39 is 11.4 Å². The third kappa shape index (κ3) is 5.91. The zero-order valence-corrected chi connectivity index (χ0v) is 23.9. The molecule has 202 valence electrons. The Bertz CT molecular complexity index is 1510. The van der Waals surface area contributed by atoms with Gasteiger partial charge in [-0.25, -0.2) is 4.79 Å². The highest BCUT2D eigenvalue weighted by molar-refractivity contribution is 6.36. The van der Waals surface area contributed by atoms with Gasteiger partial charge in [0.05, 0.1) is 28.8 Å². The summed E-state index contributed by atoms with van der Waals surface area (Å²) in [7, 11) is 2.90. The van der Waals surface area contributed by atoms with Crippen LogP contribution >= 0.6 is 34.8 Å². The van der Waals surface area contributed by atoms with Gasteiger partial charge in [0.25, 0.3) is 5.91 Å². The topological polar surface area (TPSA) is 81.9 Å². The predicted molar refractivity (Wildman–Crippen MR) is 151 cm³/mol. The minimum atomic E-state index is -0.662. The summed E-state index contributed by atoms with van der Waals surface area (Å²) in [6.07, 6.45) is 1.51. The van der Waals surface area contributed by atoms with Crippen molar-refractivity contribution in [2.24, 2.45) is 0 Å². The highest BCUT2D eigenvalue weighted by atomic mass is 35.5. The molecule has 4 aromatic rings. The first-order chi connectivity index (χ1) is 18.5. The highest BCUT2D eigenvalue weighted by Crippen LogP contribution is 2.41. The maximum Gasteiger partial charge on any atom is 0.337 e. The van der Waals surface area contributed by atoms with Crippen LogP contribution in [-0.2, 0) is 16.8 Å². The summed E-state index contributed by atoms with van der Waals surface area (Å²) in [5.41, 5.74) is 2.53. The number of halogens is 3. The van der Waals surface area contributed by atoms with Gasteiger partial charge in [-0.15, -0.1) is 0 Å². The zero-order chi connectivity index (χ0) is 28.3. The first-order valence-corrected chi connectivity index (χ1v) is 12.9. The summed E-state index contributed by atoms with van der Waals surface area (Å²) in [6, 6.07) is 16.7. The molecule has 0 bridgehead atoms. The molecule has 10 heteroatoms. The summed E-state index contributed by atoms with van der Waals surface area (Å²) in [6.45, 7) is 4.04. The number of amides is 1. The van der Waals surface area contributed by atoms with Crippen LogP contribution in [0.4, 0.5) is 5.69 Å². The monoisotopic (exact) mass is 586 g/mol. The van der Waals surface area contributed by atoms with E-state index in [9.17, 15) is 9.59 Å². The molecule has 0 fully saturated rings. The Kier molecular flexibility index (Phi) is 8.54. The minimum Gasteiger partial charge on any atom is -0.489 e. The Morgan fingerprint density at radius 2 is 1.67 bits per heavy atom. The highest BCUT2D eigenvalue weighted by Gasteiger charge is 2.33. The van der Waals surface area contributed by atoms with Crippen LogP contribution < -0.4 is 9.64 Å². The first-order valence-electron chi connectivity index (χ1n) is 11.8. The van der Waals surface area contributed by atoms with Crippen LogP contribution in [0.25, 0.3) is 0 Å². The lowest BCUT2D eigenvalue weighted by atomic mass is 9.80. The summed E-state index contributed by atoms with van der Waals surface area (Å²) in [4.78, 5) is 26.4. The van der Waals surface area contributed by atoms with E-state index in [1.54, 1.807) is 67.7 Å². The molecular formula is C29H25Cl3N2O5. The van der Waals surface area contributed by atoms with Crippen LogP contribution in [0, 0.1) is 0 Å². The molecule has 1 amide bonds. The van der Waals surface area contributed by atoms with E-state index in [1.165, 1.54) is 18.3 Å². The van der Waals surface area contributed by atoms with E-state index in [1.807, 2.05) is 13.8 Å². The Hall–Kier alpha value is -3.52. The van der Waals surface area contributed by atoms with Crippen molar-refractivity contribution in [1.29, 1.82) is 0 Å². The van der Waals surface area contributed by atoms with Crippen molar-refractivity contribution in [3.63, 3.8) is 0 Å². The Balaban J connectivity index is 1.50. The molecule has 1 heterocycles. The first kappa shape index (κ1) is 28.5. The maximum absolute atomic E-state index is 13.2. The van der Waals surface area contributed by atoms with Gasteiger partial charge in [-0.1, -0.05) is 52.1 Å². The number of nitrogens with zero attached hydrogens (tertiary/aromatic N) is 2. The molecule has 4 rings (SSSR count). The number of carbonyl (C=O) groups excluding carboxylic acids is 2. The second-order valence-electron chi connectivity index (χ2n) is 9.25. The van der Waals surface area contributed by atoms with Crippen molar-refractivity contribution in [3.05, 3.63) is 110 Å². The van der Waals surface area contributed by atoms with Gasteiger partial charge in [-0.2, -0.15) is 0 Å². The Morgan fingerprint density at radius 1 is 0.974 bits per heavy atom. The number of carbonyl (C=O) groups is 2. The molecule has 0 aliphatic heterocycles. The molecule has 0 aliphatic rings. The molecule has 0 saturated heterocycles. The lowest BCUT2D eigenvalue weighted by Gasteiger charge is -2.26. The second kappa shape index (κ2) is 11.7. The van der Waals surface area contributed by atoms with E-state index in [0.29, 0.717) is 38.3 Å². The number of aromatic nitrogens is 1. The van der Waals surface area contributed by atoms with Gasteiger partial charge >= 0.3 is 5.97 Å². The minimum absolute atomic E-state index is 0.133. The normalized spacial score (nSPS) is 11.3. The number of hydrogen-bond acceptors (Lipinski definition) is 6. The largest absolute Gasteiger partial charge is 0.489 e. The number of ether oxygens (including phenoxy) is 2. The number of hydrogen-bond donors (Lipinski definition) is 0. The van der Waals surface area contributed by atoms with Crippen LogP contribution in [0.5, 0.6) is 5.75 Å². The summed E-state index contributed by atoms with van der Waals surface area (Å²) in [5.74, 6) is -0.396. The van der Waals surface area contributed by atoms with Crippen molar-refractivity contribution >= 4 is 52.4 Å². The van der Waals surface area contributed by atoms with Crippen molar-refractivity contribution in [3.8, 4) is 5.75 Å². The molecule has 7 nitrogen and oxygen atoms in total. The molecule has 3 aromatic carbocycles. The van der Waals surface area contributed by atoms with Crippen LogP contribution in [0.3, 0.4) is 0 Å². The summed E-state index contributed by atoms with van der Waals surface area (Å²) >= 11 is 19.4.